The molecule has 6 heteroatoms. The van der Waals surface area contributed by atoms with Crippen molar-refractivity contribution in [3.05, 3.63) is 60.2 Å². The topological polar surface area (TPSA) is 54.5 Å². The van der Waals surface area contributed by atoms with Crippen molar-refractivity contribution in [1.29, 1.82) is 0 Å². The Labute approximate surface area is 184 Å². The predicted molar refractivity (Wildman–Crippen MR) is 118 cm³/mol. The smallest absolute Gasteiger partial charge is 0.224 e. The molecule has 1 saturated carbocycles. The Hall–Kier alpha value is -2.47. The molecule has 31 heavy (non-hydrogen) atoms. The highest BCUT2D eigenvalue weighted by Gasteiger charge is 2.33. The Morgan fingerprint density at radius 3 is 2.71 bits per heavy atom. The highest BCUT2D eigenvalue weighted by Crippen LogP contribution is 2.26. The number of hydrogen-bond donors (Lipinski definition) is 1. The first-order valence-electron chi connectivity index (χ1n) is 11.5. The van der Waals surface area contributed by atoms with Gasteiger partial charge in [-0.05, 0) is 49.1 Å². The van der Waals surface area contributed by atoms with Gasteiger partial charge in [0.05, 0.1) is 12.5 Å². The van der Waals surface area contributed by atoms with Crippen LogP contribution in [0.4, 0.5) is 4.39 Å². The maximum atomic E-state index is 13.5. The molecule has 1 aliphatic carbocycles. The Morgan fingerprint density at radius 1 is 1.13 bits per heavy atom. The highest BCUT2D eigenvalue weighted by atomic mass is 19.1. The fourth-order valence-corrected chi connectivity index (χ4v) is 4.83. The van der Waals surface area contributed by atoms with Crippen LogP contribution in [0.2, 0.25) is 0 Å². The first-order chi connectivity index (χ1) is 15.2. The summed E-state index contributed by atoms with van der Waals surface area (Å²) in [6, 6.07) is 10.6. The van der Waals surface area contributed by atoms with Crippen LogP contribution >= 0.6 is 0 Å². The average molecular weight is 426 g/mol. The fraction of sp³-hybridized carbons (Fsp3) is 0.520. The SMILES string of the molecule is O=C(NC1CCCCC1)[C@@H]1C[C@H](COc2cccc(F)c2)CN(Cc2ccncc2)C1. The van der Waals surface area contributed by atoms with Crippen LogP contribution in [-0.4, -0.2) is 41.5 Å². The molecule has 0 bridgehead atoms. The van der Waals surface area contributed by atoms with Crippen molar-refractivity contribution in [2.45, 2.75) is 51.1 Å². The molecule has 1 aromatic heterocycles. The van der Waals surface area contributed by atoms with E-state index >= 15 is 0 Å². The summed E-state index contributed by atoms with van der Waals surface area (Å²) in [6.45, 7) is 2.86. The van der Waals surface area contributed by atoms with Crippen LogP contribution in [0.3, 0.4) is 0 Å². The highest BCUT2D eigenvalue weighted by molar-refractivity contribution is 5.79. The number of halogens is 1. The Kier molecular flexibility index (Phi) is 7.52. The second-order valence-electron chi connectivity index (χ2n) is 8.96. The minimum absolute atomic E-state index is 0.0568. The third-order valence-electron chi connectivity index (χ3n) is 6.37. The van der Waals surface area contributed by atoms with Crippen molar-refractivity contribution in [2.24, 2.45) is 11.8 Å². The average Bonchev–Trinajstić information content (AvgIpc) is 2.79. The summed E-state index contributed by atoms with van der Waals surface area (Å²) < 4.78 is 19.4. The van der Waals surface area contributed by atoms with E-state index in [1.807, 2.05) is 12.1 Å². The number of nitrogens with one attached hydrogen (secondary N) is 1. The molecule has 4 rings (SSSR count). The molecule has 1 saturated heterocycles. The van der Waals surface area contributed by atoms with Crippen molar-refractivity contribution in [1.82, 2.24) is 15.2 Å². The molecule has 5 nitrogen and oxygen atoms in total. The van der Waals surface area contributed by atoms with Crippen molar-refractivity contribution in [3.8, 4) is 5.75 Å². The van der Waals surface area contributed by atoms with Gasteiger partial charge >= 0.3 is 0 Å². The maximum absolute atomic E-state index is 13.5. The van der Waals surface area contributed by atoms with Gasteiger partial charge in [-0.25, -0.2) is 4.39 Å². The van der Waals surface area contributed by atoms with E-state index in [9.17, 15) is 9.18 Å². The van der Waals surface area contributed by atoms with Crippen LogP contribution in [0, 0.1) is 17.7 Å². The van der Waals surface area contributed by atoms with Crippen molar-refractivity contribution < 1.29 is 13.9 Å². The molecular formula is C25H32FN3O2. The summed E-state index contributed by atoms with van der Waals surface area (Å²) in [7, 11) is 0. The second-order valence-corrected chi connectivity index (χ2v) is 8.96. The monoisotopic (exact) mass is 425 g/mol. The van der Waals surface area contributed by atoms with E-state index in [4.69, 9.17) is 4.74 Å². The zero-order chi connectivity index (χ0) is 21.5. The lowest BCUT2D eigenvalue weighted by molar-refractivity contribution is -0.128. The van der Waals surface area contributed by atoms with Gasteiger partial charge < -0.3 is 10.1 Å². The van der Waals surface area contributed by atoms with Crippen molar-refractivity contribution in [3.63, 3.8) is 0 Å². The fourth-order valence-electron chi connectivity index (χ4n) is 4.83. The predicted octanol–water partition coefficient (Wildman–Crippen LogP) is 4.19. The van der Waals surface area contributed by atoms with Crippen LogP contribution < -0.4 is 10.1 Å². The molecule has 1 aliphatic heterocycles. The molecule has 0 unspecified atom stereocenters. The summed E-state index contributed by atoms with van der Waals surface area (Å²) in [5, 5.41) is 3.31. The van der Waals surface area contributed by atoms with Crippen LogP contribution in [-0.2, 0) is 11.3 Å². The van der Waals surface area contributed by atoms with Gasteiger partial charge in [-0.3, -0.25) is 14.7 Å². The third-order valence-corrected chi connectivity index (χ3v) is 6.37. The lowest BCUT2D eigenvalue weighted by Crippen LogP contribution is -2.49. The summed E-state index contributed by atoms with van der Waals surface area (Å²) in [6.07, 6.45) is 10.3. The zero-order valence-electron chi connectivity index (χ0n) is 18.0. The Bertz CT molecular complexity index is 842. The number of likely N-dealkylation sites (tertiary alicyclic amines) is 1. The van der Waals surface area contributed by atoms with E-state index in [1.54, 1.807) is 24.5 Å². The molecule has 2 heterocycles. The molecule has 0 spiro atoms. The molecule has 2 atom stereocenters. The van der Waals surface area contributed by atoms with Gasteiger partial charge in [-0.1, -0.05) is 25.3 Å². The molecule has 166 valence electrons. The Balaban J connectivity index is 1.40. The number of benzene rings is 1. The standard InChI is InChI=1S/C25H32FN3O2/c26-22-5-4-8-24(14-22)31-18-20-13-21(25(30)28-23-6-2-1-3-7-23)17-29(16-20)15-19-9-11-27-12-10-19/h4-5,8-12,14,20-21,23H,1-3,6-7,13,15-18H2,(H,28,30)/t20-,21+/m0/s1. The molecular weight excluding hydrogens is 393 g/mol. The van der Waals surface area contributed by atoms with E-state index in [1.165, 1.54) is 37.0 Å². The van der Waals surface area contributed by atoms with E-state index in [0.717, 1.165) is 38.9 Å². The minimum atomic E-state index is -0.301. The maximum Gasteiger partial charge on any atom is 0.224 e. The van der Waals surface area contributed by atoms with Gasteiger partial charge in [0.15, 0.2) is 0 Å². The van der Waals surface area contributed by atoms with E-state index in [0.29, 0.717) is 18.4 Å². The first-order valence-corrected chi connectivity index (χ1v) is 11.5. The van der Waals surface area contributed by atoms with Gasteiger partial charge in [0.1, 0.15) is 11.6 Å². The van der Waals surface area contributed by atoms with Crippen LogP contribution in [0.1, 0.15) is 44.1 Å². The molecule has 1 N–H and O–H groups in total. The van der Waals surface area contributed by atoms with E-state index < -0.39 is 0 Å². The van der Waals surface area contributed by atoms with Crippen LogP contribution in [0.5, 0.6) is 5.75 Å². The molecule has 1 aromatic carbocycles. The van der Waals surface area contributed by atoms with E-state index in [2.05, 4.69) is 15.2 Å². The molecule has 2 aliphatic rings. The quantitative estimate of drug-likeness (QED) is 0.723. The number of rotatable bonds is 7. The number of nitrogens with zero attached hydrogens (tertiary/aromatic N) is 2. The summed E-state index contributed by atoms with van der Waals surface area (Å²) in [5.74, 6) is 0.557. The lowest BCUT2D eigenvalue weighted by Gasteiger charge is -2.38. The van der Waals surface area contributed by atoms with Crippen LogP contribution in [0.25, 0.3) is 0 Å². The summed E-state index contributed by atoms with van der Waals surface area (Å²) in [4.78, 5) is 19.5. The Morgan fingerprint density at radius 2 is 1.94 bits per heavy atom. The van der Waals surface area contributed by atoms with Gasteiger partial charge in [-0.2, -0.15) is 0 Å². The van der Waals surface area contributed by atoms with Crippen LogP contribution in [0.15, 0.2) is 48.8 Å². The number of ether oxygens (including phenoxy) is 1. The van der Waals surface area contributed by atoms with Gasteiger partial charge in [0, 0.05) is 50.1 Å². The molecule has 0 radical (unpaired) electrons. The number of carbonyl (C=O) groups is 1. The minimum Gasteiger partial charge on any atom is -0.493 e. The van der Waals surface area contributed by atoms with E-state index in [-0.39, 0.29) is 23.6 Å². The van der Waals surface area contributed by atoms with Gasteiger partial charge in [0.25, 0.3) is 0 Å². The number of hydrogen-bond acceptors (Lipinski definition) is 4. The summed E-state index contributed by atoms with van der Waals surface area (Å²) in [5.41, 5.74) is 1.19. The van der Waals surface area contributed by atoms with Crippen molar-refractivity contribution >= 4 is 5.91 Å². The third kappa shape index (κ3) is 6.50. The normalized spacial score (nSPS) is 22.7. The number of piperidine rings is 1. The largest absolute Gasteiger partial charge is 0.493 e. The first kappa shape index (κ1) is 21.8. The number of amides is 1. The molecule has 1 amide bonds. The van der Waals surface area contributed by atoms with Gasteiger partial charge in [0.2, 0.25) is 5.91 Å². The second kappa shape index (κ2) is 10.7. The molecule has 2 aromatic rings. The number of carbonyl (C=O) groups excluding carboxylic acids is 1. The van der Waals surface area contributed by atoms with Gasteiger partial charge in [-0.15, -0.1) is 0 Å². The summed E-state index contributed by atoms with van der Waals surface area (Å²) >= 11 is 0. The van der Waals surface area contributed by atoms with Crippen molar-refractivity contribution in [2.75, 3.05) is 19.7 Å². The number of pyridine rings is 1. The molecule has 2 fully saturated rings. The number of aromatic nitrogens is 1. The zero-order valence-corrected chi connectivity index (χ0v) is 18.0. The lowest BCUT2D eigenvalue weighted by atomic mass is 9.87.